The van der Waals surface area contributed by atoms with Gasteiger partial charge in [0.05, 0.1) is 5.41 Å². The minimum atomic E-state index is -1.59. The number of Topliss-reactive ketones (excluding diaryl/α,β-unsaturated/α-hetero) is 3. The van der Waals surface area contributed by atoms with Crippen LogP contribution in [0.5, 0.6) is 11.5 Å². The molecule has 6 nitrogen and oxygen atoms in total. The van der Waals surface area contributed by atoms with E-state index in [1.54, 1.807) is 0 Å². The standard InChI is InChI=1S/C38H50O6/c1-23(2)11-10-12-26(7)18-19-37-22-28(15-13-24(3)4)36(8,9)38(35(37)44,20-17-25(5)6)34(43)31(33(37)42)32(41)27-14-16-29(39)30(40)21-27/h11,13-14,16-18,21,28,39-41H,10,12,15,19-20,22H2,1-9H3/b26-18+,32-31-/t28-,37-,38+/m0/s1. The van der Waals surface area contributed by atoms with Crippen molar-refractivity contribution in [1.82, 2.24) is 0 Å². The van der Waals surface area contributed by atoms with Gasteiger partial charge in [-0.3, -0.25) is 14.4 Å². The molecule has 0 aromatic heterocycles. The van der Waals surface area contributed by atoms with Crippen molar-refractivity contribution < 1.29 is 29.7 Å². The highest BCUT2D eigenvalue weighted by Crippen LogP contribution is 2.65. The number of aliphatic hydroxyl groups excluding tert-OH is 1. The summed E-state index contributed by atoms with van der Waals surface area (Å²) in [6.45, 7) is 17.8. The molecule has 0 spiro atoms. The van der Waals surface area contributed by atoms with E-state index < -0.39 is 50.6 Å². The lowest BCUT2D eigenvalue weighted by Gasteiger charge is -2.60. The van der Waals surface area contributed by atoms with Gasteiger partial charge in [0.2, 0.25) is 0 Å². The van der Waals surface area contributed by atoms with Crippen molar-refractivity contribution in [3.05, 3.63) is 75.9 Å². The van der Waals surface area contributed by atoms with Gasteiger partial charge in [-0.25, -0.2) is 0 Å². The Kier molecular flexibility index (Phi) is 10.4. The van der Waals surface area contributed by atoms with Crippen molar-refractivity contribution in [3.63, 3.8) is 0 Å². The topological polar surface area (TPSA) is 112 Å². The molecule has 0 aliphatic heterocycles. The van der Waals surface area contributed by atoms with Crippen LogP contribution in [0, 0.1) is 22.2 Å². The lowest BCUT2D eigenvalue weighted by Crippen LogP contribution is -2.69. The zero-order chi connectivity index (χ0) is 33.2. The summed E-state index contributed by atoms with van der Waals surface area (Å²) in [5.41, 5.74) is -0.0424. The molecule has 6 heteroatoms. The Labute approximate surface area is 263 Å². The van der Waals surface area contributed by atoms with Crippen LogP contribution < -0.4 is 0 Å². The van der Waals surface area contributed by atoms with E-state index in [0.29, 0.717) is 6.42 Å². The van der Waals surface area contributed by atoms with Crippen molar-refractivity contribution in [2.75, 3.05) is 0 Å². The number of aliphatic hydroxyl groups is 1. The maximum Gasteiger partial charge on any atom is 0.184 e. The third-order valence-electron chi connectivity index (χ3n) is 9.82. The van der Waals surface area contributed by atoms with Gasteiger partial charge >= 0.3 is 0 Å². The molecule has 44 heavy (non-hydrogen) atoms. The number of allylic oxidation sites excluding steroid dienone is 9. The van der Waals surface area contributed by atoms with Gasteiger partial charge in [0, 0.05) is 5.56 Å². The molecule has 2 aliphatic rings. The number of phenolic OH excluding ortho intramolecular Hbond substituents is 2. The molecule has 3 atom stereocenters. The molecule has 1 aromatic carbocycles. The number of ketones is 3. The summed E-state index contributed by atoms with van der Waals surface area (Å²) in [6, 6.07) is 3.66. The number of carbonyl (C=O) groups is 3. The Bertz CT molecular complexity index is 1480. The number of phenols is 2. The van der Waals surface area contributed by atoms with Gasteiger partial charge in [-0.1, -0.05) is 60.4 Å². The normalized spacial score (nSPS) is 25.8. The quantitative estimate of drug-likeness (QED) is 0.0616. The van der Waals surface area contributed by atoms with Crippen LogP contribution in [0.25, 0.3) is 5.76 Å². The van der Waals surface area contributed by atoms with Gasteiger partial charge in [-0.2, -0.15) is 0 Å². The predicted octanol–water partition coefficient (Wildman–Crippen LogP) is 8.90. The van der Waals surface area contributed by atoms with Crippen LogP contribution in [0.2, 0.25) is 0 Å². The summed E-state index contributed by atoms with van der Waals surface area (Å²) < 4.78 is 0. The van der Waals surface area contributed by atoms with Gasteiger partial charge in [-0.05, 0) is 117 Å². The zero-order valence-electron chi connectivity index (χ0n) is 27.9. The fourth-order valence-electron chi connectivity index (χ4n) is 6.86. The lowest BCUT2D eigenvalue weighted by molar-refractivity contribution is -0.176. The highest BCUT2D eigenvalue weighted by Gasteiger charge is 2.73. The van der Waals surface area contributed by atoms with Crippen molar-refractivity contribution in [3.8, 4) is 11.5 Å². The van der Waals surface area contributed by atoms with Crippen LogP contribution in [-0.4, -0.2) is 32.7 Å². The summed E-state index contributed by atoms with van der Waals surface area (Å²) in [6.07, 6.45) is 10.9. The fourth-order valence-corrected chi connectivity index (χ4v) is 6.86. The third kappa shape index (κ3) is 6.27. The molecule has 238 valence electrons. The minimum absolute atomic E-state index is 0.0179. The van der Waals surface area contributed by atoms with Crippen LogP contribution >= 0.6 is 0 Å². The largest absolute Gasteiger partial charge is 0.506 e. The molecule has 0 heterocycles. The molecule has 3 N–H and O–H groups in total. The van der Waals surface area contributed by atoms with E-state index in [4.69, 9.17) is 0 Å². The van der Waals surface area contributed by atoms with Crippen molar-refractivity contribution in [1.29, 1.82) is 0 Å². The number of carbonyl (C=O) groups excluding carboxylic acids is 3. The predicted molar refractivity (Wildman–Crippen MR) is 176 cm³/mol. The molecule has 1 aromatic rings. The zero-order valence-corrected chi connectivity index (χ0v) is 27.9. The Balaban J connectivity index is 2.37. The second-order valence-electron chi connectivity index (χ2n) is 14.1. The van der Waals surface area contributed by atoms with E-state index in [2.05, 4.69) is 12.2 Å². The van der Waals surface area contributed by atoms with E-state index in [1.165, 1.54) is 17.7 Å². The summed E-state index contributed by atoms with van der Waals surface area (Å²) in [5, 5.41) is 31.6. The number of rotatable bonds is 10. The van der Waals surface area contributed by atoms with Gasteiger partial charge in [0.15, 0.2) is 28.8 Å². The highest BCUT2D eigenvalue weighted by atomic mass is 16.3. The monoisotopic (exact) mass is 602 g/mol. The first kappa shape index (κ1) is 34.8. The van der Waals surface area contributed by atoms with Crippen molar-refractivity contribution in [2.24, 2.45) is 22.2 Å². The van der Waals surface area contributed by atoms with Crippen molar-refractivity contribution >= 4 is 23.1 Å². The number of benzene rings is 1. The van der Waals surface area contributed by atoms with E-state index in [9.17, 15) is 24.9 Å². The molecule has 0 radical (unpaired) electrons. The Morgan fingerprint density at radius 2 is 1.43 bits per heavy atom. The van der Waals surface area contributed by atoms with Crippen LogP contribution in [0.1, 0.15) is 106 Å². The average Bonchev–Trinajstić information content (AvgIpc) is 2.92. The van der Waals surface area contributed by atoms with E-state index >= 15 is 4.79 Å². The molecule has 0 unspecified atom stereocenters. The van der Waals surface area contributed by atoms with Gasteiger partial charge in [-0.15, -0.1) is 0 Å². The van der Waals surface area contributed by atoms with Crippen LogP contribution in [0.15, 0.2) is 70.4 Å². The smallest absolute Gasteiger partial charge is 0.184 e. The van der Waals surface area contributed by atoms with E-state index in [1.807, 2.05) is 74.5 Å². The summed E-state index contributed by atoms with van der Waals surface area (Å²) in [7, 11) is 0. The van der Waals surface area contributed by atoms with Gasteiger partial charge in [0.1, 0.15) is 16.7 Å². The lowest BCUT2D eigenvalue weighted by atomic mass is 9.38. The molecule has 2 fully saturated rings. The van der Waals surface area contributed by atoms with Crippen molar-refractivity contribution in [2.45, 2.75) is 101 Å². The SMILES string of the molecule is CC(C)=CCC/C(C)=C/C[C@]12C[C@H](CC=C(C)C)C(C)(C)[C@](CC=C(C)C)(C(=O)/C(=C(\O)c3ccc(O)c(O)c3)C1=O)C2=O. The Morgan fingerprint density at radius 3 is 2.00 bits per heavy atom. The number of fused-ring (bicyclic) bond motifs is 2. The molecule has 3 rings (SSSR count). The highest BCUT2D eigenvalue weighted by molar-refractivity contribution is 6.41. The van der Waals surface area contributed by atoms with Crippen LogP contribution in [-0.2, 0) is 14.4 Å². The Hall–Kier alpha value is -3.67. The first-order valence-electron chi connectivity index (χ1n) is 15.6. The maximum absolute atomic E-state index is 15.0. The maximum atomic E-state index is 15.0. The second-order valence-corrected chi connectivity index (χ2v) is 14.1. The first-order chi connectivity index (χ1) is 20.4. The van der Waals surface area contributed by atoms with E-state index in [0.717, 1.165) is 35.6 Å². The summed E-state index contributed by atoms with van der Waals surface area (Å²) >= 11 is 0. The van der Waals surface area contributed by atoms with Crippen LogP contribution in [0.3, 0.4) is 0 Å². The summed E-state index contributed by atoms with van der Waals surface area (Å²) in [4.78, 5) is 44.5. The molecule has 0 amide bonds. The molecule has 2 aliphatic carbocycles. The number of hydrogen-bond donors (Lipinski definition) is 3. The van der Waals surface area contributed by atoms with Gasteiger partial charge in [0.25, 0.3) is 0 Å². The number of hydrogen-bond acceptors (Lipinski definition) is 6. The Morgan fingerprint density at radius 1 is 0.818 bits per heavy atom. The average molecular weight is 603 g/mol. The second kappa shape index (κ2) is 13.1. The number of aromatic hydroxyl groups is 2. The summed E-state index contributed by atoms with van der Waals surface area (Å²) in [5.74, 6) is -3.35. The third-order valence-corrected chi connectivity index (χ3v) is 9.82. The minimum Gasteiger partial charge on any atom is -0.506 e. The fraction of sp³-hybridized carbons (Fsp3) is 0.500. The van der Waals surface area contributed by atoms with Crippen LogP contribution in [0.4, 0.5) is 0 Å². The molecule has 2 bridgehead atoms. The molecule has 2 saturated carbocycles. The molecular weight excluding hydrogens is 552 g/mol. The first-order valence-corrected chi connectivity index (χ1v) is 15.6. The molecule has 0 saturated heterocycles. The molecular formula is C38H50O6. The van der Waals surface area contributed by atoms with E-state index in [-0.39, 0.29) is 36.5 Å². The van der Waals surface area contributed by atoms with Gasteiger partial charge < -0.3 is 15.3 Å².